The van der Waals surface area contributed by atoms with Gasteiger partial charge in [-0.15, -0.1) is 0 Å². The number of benzene rings is 1. The quantitative estimate of drug-likeness (QED) is 0.768. The van der Waals surface area contributed by atoms with Crippen molar-refractivity contribution in [3.8, 4) is 0 Å². The van der Waals surface area contributed by atoms with Crippen LogP contribution in [0.3, 0.4) is 0 Å². The first-order valence-corrected chi connectivity index (χ1v) is 9.40. The summed E-state index contributed by atoms with van der Waals surface area (Å²) in [7, 11) is 0. The highest BCUT2D eigenvalue weighted by Crippen LogP contribution is 2.22. The predicted molar refractivity (Wildman–Crippen MR) is 95.5 cm³/mol. The van der Waals surface area contributed by atoms with Gasteiger partial charge in [0, 0.05) is 39.4 Å². The molecule has 2 saturated heterocycles. The Labute approximate surface area is 141 Å². The van der Waals surface area contributed by atoms with Gasteiger partial charge in [-0.2, -0.15) is 0 Å². The normalized spacial score (nSPS) is 23.7. The van der Waals surface area contributed by atoms with Crippen LogP contribution in [0.5, 0.6) is 0 Å². The minimum Gasteiger partial charge on any atom is -0.381 e. The predicted octanol–water partition coefficient (Wildman–Crippen LogP) is 3.26. The molecule has 0 radical (unpaired) electrons. The lowest BCUT2D eigenvalue weighted by Crippen LogP contribution is -2.36. The molecule has 3 nitrogen and oxygen atoms in total. The van der Waals surface area contributed by atoms with Crippen molar-refractivity contribution >= 4 is 0 Å². The van der Waals surface area contributed by atoms with E-state index in [-0.39, 0.29) is 0 Å². The molecule has 3 heteroatoms. The molecular weight excluding hydrogens is 284 g/mol. The molecular formula is C20H32N2O. The molecule has 0 N–H and O–H groups in total. The zero-order chi connectivity index (χ0) is 15.9. The van der Waals surface area contributed by atoms with E-state index in [9.17, 15) is 0 Å². The topological polar surface area (TPSA) is 15.7 Å². The number of nitrogens with zero attached hydrogens (tertiary/aromatic N) is 2. The second kappa shape index (κ2) is 8.81. The summed E-state index contributed by atoms with van der Waals surface area (Å²) >= 11 is 0. The van der Waals surface area contributed by atoms with Crippen molar-refractivity contribution in [3.63, 3.8) is 0 Å². The summed E-state index contributed by atoms with van der Waals surface area (Å²) in [4.78, 5) is 5.31. The first-order valence-electron chi connectivity index (χ1n) is 9.40. The van der Waals surface area contributed by atoms with Crippen molar-refractivity contribution in [2.75, 3.05) is 45.9 Å². The van der Waals surface area contributed by atoms with Crippen molar-refractivity contribution in [1.29, 1.82) is 0 Å². The average molecular weight is 316 g/mol. The van der Waals surface area contributed by atoms with Gasteiger partial charge in [-0.05, 0) is 49.8 Å². The number of likely N-dealkylation sites (tertiary alicyclic amines) is 1. The molecule has 2 aliphatic rings. The van der Waals surface area contributed by atoms with E-state index < -0.39 is 0 Å². The van der Waals surface area contributed by atoms with Gasteiger partial charge >= 0.3 is 0 Å². The summed E-state index contributed by atoms with van der Waals surface area (Å²) in [5.74, 6) is 1.70. The number of hydrogen-bond donors (Lipinski definition) is 0. The lowest BCUT2D eigenvalue weighted by Gasteiger charge is -2.30. The third-order valence-corrected chi connectivity index (χ3v) is 5.44. The SMILES string of the molecule is CCN(CC1CCOCC1)CC1CCN(Cc2ccccc2)C1. The highest BCUT2D eigenvalue weighted by atomic mass is 16.5. The van der Waals surface area contributed by atoms with Crippen LogP contribution in [0.15, 0.2) is 30.3 Å². The number of ether oxygens (including phenoxy) is 1. The van der Waals surface area contributed by atoms with E-state index in [1.807, 2.05) is 0 Å². The van der Waals surface area contributed by atoms with E-state index in [1.54, 1.807) is 0 Å². The monoisotopic (exact) mass is 316 g/mol. The lowest BCUT2D eigenvalue weighted by atomic mass is 9.99. The zero-order valence-electron chi connectivity index (χ0n) is 14.6. The van der Waals surface area contributed by atoms with Gasteiger partial charge in [-0.3, -0.25) is 4.90 Å². The zero-order valence-corrected chi connectivity index (χ0v) is 14.6. The molecule has 1 aromatic carbocycles. The molecule has 1 aromatic rings. The fourth-order valence-electron chi connectivity index (χ4n) is 4.04. The molecule has 1 atom stereocenters. The Morgan fingerprint density at radius 3 is 2.52 bits per heavy atom. The van der Waals surface area contributed by atoms with Crippen LogP contribution in [0, 0.1) is 11.8 Å². The van der Waals surface area contributed by atoms with Gasteiger partial charge in [0.1, 0.15) is 0 Å². The van der Waals surface area contributed by atoms with Gasteiger partial charge in [0.05, 0.1) is 0 Å². The molecule has 0 amide bonds. The third kappa shape index (κ3) is 5.30. The van der Waals surface area contributed by atoms with E-state index >= 15 is 0 Å². The van der Waals surface area contributed by atoms with Crippen LogP contribution in [-0.4, -0.2) is 55.7 Å². The van der Waals surface area contributed by atoms with Crippen molar-refractivity contribution in [3.05, 3.63) is 35.9 Å². The van der Waals surface area contributed by atoms with Gasteiger partial charge < -0.3 is 9.64 Å². The fourth-order valence-corrected chi connectivity index (χ4v) is 4.04. The Hall–Kier alpha value is -0.900. The molecule has 0 saturated carbocycles. The molecule has 2 fully saturated rings. The van der Waals surface area contributed by atoms with E-state index in [2.05, 4.69) is 47.1 Å². The Morgan fingerprint density at radius 1 is 1.04 bits per heavy atom. The summed E-state index contributed by atoms with van der Waals surface area (Å²) in [6, 6.07) is 10.9. The lowest BCUT2D eigenvalue weighted by molar-refractivity contribution is 0.0511. The van der Waals surface area contributed by atoms with E-state index in [0.717, 1.165) is 31.6 Å². The maximum Gasteiger partial charge on any atom is 0.0469 e. The van der Waals surface area contributed by atoms with E-state index in [4.69, 9.17) is 4.74 Å². The number of rotatable bonds is 7. The molecule has 2 aliphatic heterocycles. The molecule has 2 heterocycles. The minimum absolute atomic E-state index is 0.846. The maximum absolute atomic E-state index is 5.49. The molecule has 1 unspecified atom stereocenters. The Bertz CT molecular complexity index is 444. The Morgan fingerprint density at radius 2 is 1.78 bits per heavy atom. The van der Waals surface area contributed by atoms with Crippen LogP contribution in [0.1, 0.15) is 31.7 Å². The van der Waals surface area contributed by atoms with Crippen LogP contribution < -0.4 is 0 Å². The second-order valence-corrected chi connectivity index (χ2v) is 7.28. The summed E-state index contributed by atoms with van der Waals surface area (Å²) in [5.41, 5.74) is 1.45. The van der Waals surface area contributed by atoms with Crippen LogP contribution in [0.4, 0.5) is 0 Å². The Kier molecular flexibility index (Phi) is 6.49. The molecule has 23 heavy (non-hydrogen) atoms. The van der Waals surface area contributed by atoms with Gasteiger partial charge in [0.25, 0.3) is 0 Å². The van der Waals surface area contributed by atoms with E-state index in [0.29, 0.717) is 0 Å². The molecule has 0 spiro atoms. The first-order chi connectivity index (χ1) is 11.3. The van der Waals surface area contributed by atoms with Crippen molar-refractivity contribution in [2.24, 2.45) is 11.8 Å². The summed E-state index contributed by atoms with van der Waals surface area (Å²) in [6.45, 7) is 11.6. The summed E-state index contributed by atoms with van der Waals surface area (Å²) < 4.78 is 5.49. The average Bonchev–Trinajstić information content (AvgIpc) is 3.03. The maximum atomic E-state index is 5.49. The van der Waals surface area contributed by atoms with Crippen molar-refractivity contribution < 1.29 is 4.74 Å². The fraction of sp³-hybridized carbons (Fsp3) is 0.700. The summed E-state index contributed by atoms with van der Waals surface area (Å²) in [5, 5.41) is 0. The molecule has 0 aromatic heterocycles. The van der Waals surface area contributed by atoms with E-state index in [1.165, 1.54) is 57.5 Å². The van der Waals surface area contributed by atoms with Crippen LogP contribution in [0.2, 0.25) is 0 Å². The van der Waals surface area contributed by atoms with Crippen molar-refractivity contribution in [2.45, 2.75) is 32.7 Å². The highest BCUT2D eigenvalue weighted by molar-refractivity contribution is 5.14. The molecule has 3 rings (SSSR count). The van der Waals surface area contributed by atoms with Crippen LogP contribution >= 0.6 is 0 Å². The molecule has 128 valence electrons. The molecule has 0 aliphatic carbocycles. The van der Waals surface area contributed by atoms with Gasteiger partial charge in [-0.1, -0.05) is 37.3 Å². The molecule has 0 bridgehead atoms. The minimum atomic E-state index is 0.846. The van der Waals surface area contributed by atoms with Crippen molar-refractivity contribution in [1.82, 2.24) is 9.80 Å². The standard InChI is InChI=1S/C20H32N2O/c1-2-21(14-19-9-12-23-13-10-19)16-20-8-11-22(17-20)15-18-6-4-3-5-7-18/h3-7,19-20H,2,8-17H2,1H3. The first kappa shape index (κ1) is 16.9. The van der Waals surface area contributed by atoms with Gasteiger partial charge in [0.15, 0.2) is 0 Å². The smallest absolute Gasteiger partial charge is 0.0469 e. The largest absolute Gasteiger partial charge is 0.381 e. The summed E-state index contributed by atoms with van der Waals surface area (Å²) in [6.07, 6.45) is 3.86. The van der Waals surface area contributed by atoms with Gasteiger partial charge in [-0.25, -0.2) is 0 Å². The van der Waals surface area contributed by atoms with Gasteiger partial charge in [0.2, 0.25) is 0 Å². The number of hydrogen-bond acceptors (Lipinski definition) is 3. The third-order valence-electron chi connectivity index (χ3n) is 5.44. The second-order valence-electron chi connectivity index (χ2n) is 7.28. The van der Waals surface area contributed by atoms with Crippen LogP contribution in [0.25, 0.3) is 0 Å². The Balaban J connectivity index is 1.42. The highest BCUT2D eigenvalue weighted by Gasteiger charge is 2.25. The van der Waals surface area contributed by atoms with Crippen LogP contribution in [-0.2, 0) is 11.3 Å².